The Morgan fingerprint density at radius 3 is 2.07 bits per heavy atom. The molecule has 0 spiro atoms. The second-order valence-electron chi connectivity index (χ2n) is 6.41. The van der Waals surface area contributed by atoms with E-state index in [0.29, 0.717) is 11.1 Å². The molecule has 0 amide bonds. The fourth-order valence-electron chi connectivity index (χ4n) is 3.30. The van der Waals surface area contributed by atoms with Gasteiger partial charge in [0.25, 0.3) is 0 Å². The summed E-state index contributed by atoms with van der Waals surface area (Å²) in [5.41, 5.74) is -0.259. The van der Waals surface area contributed by atoms with Crippen molar-refractivity contribution in [3.63, 3.8) is 0 Å². The highest BCUT2D eigenvalue weighted by atomic mass is 35.5. The van der Waals surface area contributed by atoms with Crippen LogP contribution in [0.2, 0.25) is 0 Å². The maximum Gasteiger partial charge on any atom is 0.348 e. The molecule has 0 aromatic heterocycles. The lowest BCUT2D eigenvalue weighted by atomic mass is 9.85. The average molecular weight is 392 g/mol. The third-order valence-electron chi connectivity index (χ3n) is 4.64. The Hall–Kier alpha value is -1.88. The molecule has 146 valence electrons. The first-order valence-electron chi connectivity index (χ1n) is 10.1. The number of ether oxygens (including phenoxy) is 2. The Kier molecular flexibility index (Phi) is 7.16. The zero-order valence-electron chi connectivity index (χ0n) is 17.5. The summed E-state index contributed by atoms with van der Waals surface area (Å²) in [6.45, 7) is 2.81. The number of hydrogen-bond acceptors (Lipinski definition) is 4. The number of esters is 1. The summed E-state index contributed by atoms with van der Waals surface area (Å²) < 4.78 is 27.8. The van der Waals surface area contributed by atoms with E-state index in [0.717, 1.165) is 25.9 Å². The number of benzene rings is 2. The Labute approximate surface area is 170 Å². The van der Waals surface area contributed by atoms with Crippen LogP contribution >= 0.6 is 12.4 Å². The molecule has 5 heteroatoms. The van der Waals surface area contributed by atoms with Crippen LogP contribution in [0, 0.1) is 0 Å². The molecule has 27 heavy (non-hydrogen) atoms. The largest absolute Gasteiger partial charge is 0.460 e. The third-order valence-corrected chi connectivity index (χ3v) is 4.64. The van der Waals surface area contributed by atoms with Crippen LogP contribution in [0.25, 0.3) is 0 Å². The van der Waals surface area contributed by atoms with E-state index in [1.807, 2.05) is 60.7 Å². The van der Waals surface area contributed by atoms with Crippen LogP contribution in [0.15, 0.2) is 60.7 Å². The van der Waals surface area contributed by atoms with Crippen LogP contribution < -0.4 is 5.32 Å². The van der Waals surface area contributed by atoms with Crippen LogP contribution in [-0.2, 0) is 19.9 Å². The van der Waals surface area contributed by atoms with Gasteiger partial charge >= 0.3 is 5.97 Å². The number of nitrogens with one attached hydrogen (secondary N) is 1. The van der Waals surface area contributed by atoms with Crippen molar-refractivity contribution in [2.24, 2.45) is 0 Å². The predicted octanol–water partition coefficient (Wildman–Crippen LogP) is 4.07. The van der Waals surface area contributed by atoms with Crippen molar-refractivity contribution in [2.75, 3.05) is 19.7 Å². The lowest BCUT2D eigenvalue weighted by molar-refractivity contribution is -0.175. The lowest BCUT2D eigenvalue weighted by Crippen LogP contribution is -2.45. The SMILES string of the molecule is Cl.[2H]C([2H])(C)COC(C(=O)OC1CCNCC1)(c1ccccc1)c1ccccc1. The van der Waals surface area contributed by atoms with Crippen molar-refractivity contribution in [1.82, 2.24) is 5.32 Å². The molecule has 1 N–H and O–H groups in total. The second-order valence-corrected chi connectivity index (χ2v) is 6.41. The molecule has 0 unspecified atom stereocenters. The summed E-state index contributed by atoms with van der Waals surface area (Å²) in [6.07, 6.45) is -0.272. The molecule has 1 heterocycles. The van der Waals surface area contributed by atoms with Crippen LogP contribution in [0.1, 0.15) is 40.0 Å². The van der Waals surface area contributed by atoms with E-state index in [9.17, 15) is 4.79 Å². The van der Waals surface area contributed by atoms with E-state index in [1.54, 1.807) is 0 Å². The number of carbonyl (C=O) groups is 1. The molecule has 2 aromatic rings. The molecule has 0 bridgehead atoms. The summed E-state index contributed by atoms with van der Waals surface area (Å²) in [6, 6.07) is 18.4. The summed E-state index contributed by atoms with van der Waals surface area (Å²) in [7, 11) is 0. The standard InChI is InChI=1S/C22H27NO3.ClH/c1-2-17-25-22(18-9-5-3-6-10-18,19-11-7-4-8-12-19)21(24)26-20-13-15-23-16-14-20;/h3-12,20,23H,2,13-17H2,1H3;1H/i2D2;. The van der Waals surface area contributed by atoms with Gasteiger partial charge in [-0.2, -0.15) is 0 Å². The first-order valence-corrected chi connectivity index (χ1v) is 9.09. The van der Waals surface area contributed by atoms with E-state index in [2.05, 4.69) is 5.32 Å². The van der Waals surface area contributed by atoms with Gasteiger partial charge in [0, 0.05) is 9.35 Å². The van der Waals surface area contributed by atoms with Crippen molar-refractivity contribution in [2.45, 2.75) is 37.8 Å². The van der Waals surface area contributed by atoms with Gasteiger partial charge < -0.3 is 14.8 Å². The summed E-state index contributed by atoms with van der Waals surface area (Å²) >= 11 is 0. The Morgan fingerprint density at radius 2 is 1.59 bits per heavy atom. The molecule has 3 rings (SSSR count). The molecule has 0 atom stereocenters. The summed E-state index contributed by atoms with van der Waals surface area (Å²) in [5, 5.41) is 3.26. The molecule has 1 fully saturated rings. The topological polar surface area (TPSA) is 47.6 Å². The second kappa shape index (κ2) is 10.5. The van der Waals surface area contributed by atoms with Crippen molar-refractivity contribution in [3.05, 3.63) is 71.8 Å². The average Bonchev–Trinajstić information content (AvgIpc) is 2.70. The quantitative estimate of drug-likeness (QED) is 0.722. The van der Waals surface area contributed by atoms with Crippen LogP contribution in [0.4, 0.5) is 0 Å². The molecule has 1 aliphatic rings. The fraction of sp³-hybridized carbons (Fsp3) is 0.409. The van der Waals surface area contributed by atoms with Gasteiger partial charge in [0.05, 0.1) is 0 Å². The van der Waals surface area contributed by atoms with Gasteiger partial charge in [0.1, 0.15) is 6.10 Å². The number of piperidine rings is 1. The normalized spacial score (nSPS) is 16.6. The molecule has 1 aliphatic heterocycles. The van der Waals surface area contributed by atoms with Crippen molar-refractivity contribution in [3.8, 4) is 0 Å². The minimum Gasteiger partial charge on any atom is -0.460 e. The first-order chi connectivity index (χ1) is 13.4. The maximum absolute atomic E-state index is 13.6. The van der Waals surface area contributed by atoms with Gasteiger partial charge in [0.2, 0.25) is 5.60 Å². The van der Waals surface area contributed by atoms with Crippen molar-refractivity contribution < 1.29 is 17.0 Å². The van der Waals surface area contributed by atoms with Gasteiger partial charge in [-0.1, -0.05) is 67.6 Å². The number of carbonyl (C=O) groups excluding carboxylic acids is 1. The van der Waals surface area contributed by atoms with Crippen LogP contribution in [0.5, 0.6) is 0 Å². The molecule has 0 aliphatic carbocycles. The Balaban J connectivity index is 0.00000300. The minimum absolute atomic E-state index is 0. The number of rotatable bonds is 7. The smallest absolute Gasteiger partial charge is 0.348 e. The van der Waals surface area contributed by atoms with E-state index < -0.39 is 17.9 Å². The van der Waals surface area contributed by atoms with Crippen molar-refractivity contribution in [1.29, 1.82) is 0 Å². The Bertz CT molecular complexity index is 723. The van der Waals surface area contributed by atoms with Gasteiger partial charge in [-0.05, 0) is 43.4 Å². The first kappa shape index (κ1) is 18.5. The summed E-state index contributed by atoms with van der Waals surface area (Å²) in [5.74, 6) is -0.499. The highest BCUT2D eigenvalue weighted by Crippen LogP contribution is 2.36. The number of hydrogen-bond donors (Lipinski definition) is 1. The lowest BCUT2D eigenvalue weighted by Gasteiger charge is -2.35. The zero-order valence-corrected chi connectivity index (χ0v) is 16.3. The van der Waals surface area contributed by atoms with E-state index in [1.165, 1.54) is 6.92 Å². The van der Waals surface area contributed by atoms with Crippen LogP contribution in [-0.4, -0.2) is 31.8 Å². The van der Waals surface area contributed by atoms with Gasteiger partial charge in [0.15, 0.2) is 0 Å². The highest BCUT2D eigenvalue weighted by molar-refractivity contribution is 5.86. The zero-order chi connectivity index (χ0) is 20.0. The monoisotopic (exact) mass is 391 g/mol. The van der Waals surface area contributed by atoms with Crippen LogP contribution in [0.3, 0.4) is 0 Å². The van der Waals surface area contributed by atoms with Gasteiger partial charge in [-0.15, -0.1) is 12.4 Å². The minimum atomic E-state index is -1.59. The molecule has 2 aromatic carbocycles. The van der Waals surface area contributed by atoms with Gasteiger partial charge in [-0.25, -0.2) is 4.79 Å². The van der Waals surface area contributed by atoms with Gasteiger partial charge in [-0.3, -0.25) is 0 Å². The third kappa shape index (κ3) is 4.89. The maximum atomic E-state index is 13.6. The molecule has 1 saturated heterocycles. The van der Waals surface area contributed by atoms with E-state index in [4.69, 9.17) is 12.2 Å². The van der Waals surface area contributed by atoms with E-state index >= 15 is 0 Å². The molecular formula is C22H28ClNO3. The number of halogens is 1. The molecular weight excluding hydrogens is 362 g/mol. The molecule has 0 saturated carbocycles. The molecule has 4 nitrogen and oxygen atoms in total. The summed E-state index contributed by atoms with van der Waals surface area (Å²) in [4.78, 5) is 13.6. The Morgan fingerprint density at radius 1 is 1.07 bits per heavy atom. The molecule has 0 radical (unpaired) electrons. The van der Waals surface area contributed by atoms with E-state index in [-0.39, 0.29) is 25.1 Å². The fourth-order valence-corrected chi connectivity index (χ4v) is 3.30. The highest BCUT2D eigenvalue weighted by Gasteiger charge is 2.45. The predicted molar refractivity (Wildman–Crippen MR) is 109 cm³/mol. The van der Waals surface area contributed by atoms with Crippen molar-refractivity contribution >= 4 is 18.4 Å².